The van der Waals surface area contributed by atoms with Crippen molar-refractivity contribution in [1.29, 1.82) is 0 Å². The average Bonchev–Trinajstić information content (AvgIpc) is 2.77. The fourth-order valence-electron chi connectivity index (χ4n) is 1.34. The van der Waals surface area contributed by atoms with Crippen LogP contribution in [0.2, 0.25) is 5.02 Å². The molecular formula is C10H9ClFN3O2. The topological polar surface area (TPSA) is 74.2 Å². The molecule has 2 aromatic rings. The summed E-state index contributed by atoms with van der Waals surface area (Å²) < 4.78 is 23.2. The van der Waals surface area contributed by atoms with Crippen molar-refractivity contribution in [2.24, 2.45) is 5.73 Å². The molecule has 1 aromatic heterocycles. The summed E-state index contributed by atoms with van der Waals surface area (Å²) in [6.45, 7) is 0.124. The summed E-state index contributed by atoms with van der Waals surface area (Å²) in [4.78, 5) is 3.97. The maximum absolute atomic E-state index is 13.6. The molecule has 0 atom stereocenters. The van der Waals surface area contributed by atoms with Gasteiger partial charge in [-0.1, -0.05) is 16.8 Å². The normalized spacial score (nSPS) is 10.6. The zero-order chi connectivity index (χ0) is 12.4. The first-order chi connectivity index (χ1) is 8.15. The van der Waals surface area contributed by atoms with Gasteiger partial charge in [-0.25, -0.2) is 4.39 Å². The third kappa shape index (κ3) is 2.22. The van der Waals surface area contributed by atoms with E-state index in [0.29, 0.717) is 5.56 Å². The van der Waals surface area contributed by atoms with Crippen molar-refractivity contribution in [3.63, 3.8) is 0 Å². The second-order valence-corrected chi connectivity index (χ2v) is 3.60. The van der Waals surface area contributed by atoms with Gasteiger partial charge < -0.3 is 15.0 Å². The molecule has 0 spiro atoms. The first-order valence-corrected chi connectivity index (χ1v) is 5.09. The molecular weight excluding hydrogens is 249 g/mol. The molecule has 0 unspecified atom stereocenters. The van der Waals surface area contributed by atoms with Gasteiger partial charge in [-0.2, -0.15) is 4.98 Å². The molecule has 0 aliphatic heterocycles. The quantitative estimate of drug-likeness (QED) is 0.910. The summed E-state index contributed by atoms with van der Waals surface area (Å²) >= 11 is 5.85. The Morgan fingerprint density at radius 2 is 2.29 bits per heavy atom. The zero-order valence-electron chi connectivity index (χ0n) is 8.91. The van der Waals surface area contributed by atoms with Crippen molar-refractivity contribution in [2.45, 2.75) is 6.54 Å². The Morgan fingerprint density at radius 1 is 1.53 bits per heavy atom. The molecule has 1 heterocycles. The van der Waals surface area contributed by atoms with Gasteiger partial charge in [0.25, 0.3) is 0 Å². The number of benzene rings is 1. The molecule has 0 aliphatic rings. The van der Waals surface area contributed by atoms with Gasteiger partial charge in [0, 0.05) is 5.56 Å². The SMILES string of the molecule is COc1c(F)cc(-c2noc(CN)n2)cc1Cl. The number of halogens is 2. The molecule has 17 heavy (non-hydrogen) atoms. The van der Waals surface area contributed by atoms with Gasteiger partial charge in [0.15, 0.2) is 11.6 Å². The Kier molecular flexibility index (Phi) is 3.26. The van der Waals surface area contributed by atoms with Gasteiger partial charge >= 0.3 is 0 Å². The van der Waals surface area contributed by atoms with E-state index in [1.165, 1.54) is 19.2 Å². The van der Waals surface area contributed by atoms with Crippen molar-refractivity contribution in [3.8, 4) is 17.1 Å². The van der Waals surface area contributed by atoms with E-state index in [1.807, 2.05) is 0 Å². The van der Waals surface area contributed by atoms with Crippen molar-refractivity contribution < 1.29 is 13.7 Å². The number of rotatable bonds is 3. The maximum Gasteiger partial charge on any atom is 0.240 e. The predicted molar refractivity (Wildman–Crippen MR) is 59.1 cm³/mol. The molecule has 90 valence electrons. The van der Waals surface area contributed by atoms with E-state index in [4.69, 9.17) is 26.6 Å². The van der Waals surface area contributed by atoms with Crippen LogP contribution in [0.5, 0.6) is 5.75 Å². The van der Waals surface area contributed by atoms with Crippen LogP contribution in [0.1, 0.15) is 5.89 Å². The molecule has 0 radical (unpaired) electrons. The van der Waals surface area contributed by atoms with E-state index in [-0.39, 0.29) is 29.0 Å². The van der Waals surface area contributed by atoms with E-state index < -0.39 is 5.82 Å². The van der Waals surface area contributed by atoms with E-state index >= 15 is 0 Å². The largest absolute Gasteiger partial charge is 0.492 e. The lowest BCUT2D eigenvalue weighted by Crippen LogP contribution is -1.96. The molecule has 0 aliphatic carbocycles. The summed E-state index contributed by atoms with van der Waals surface area (Å²) in [6, 6.07) is 2.71. The molecule has 2 rings (SSSR count). The van der Waals surface area contributed by atoms with E-state index in [1.54, 1.807) is 0 Å². The van der Waals surface area contributed by atoms with Crippen molar-refractivity contribution in [2.75, 3.05) is 7.11 Å². The van der Waals surface area contributed by atoms with Crippen LogP contribution in [-0.2, 0) is 6.54 Å². The van der Waals surface area contributed by atoms with Crippen LogP contribution in [0, 0.1) is 5.82 Å². The van der Waals surface area contributed by atoms with Crippen molar-refractivity contribution >= 4 is 11.6 Å². The monoisotopic (exact) mass is 257 g/mol. The van der Waals surface area contributed by atoms with E-state index in [2.05, 4.69) is 10.1 Å². The van der Waals surface area contributed by atoms with Gasteiger partial charge in [0.05, 0.1) is 18.7 Å². The Balaban J connectivity index is 2.46. The molecule has 0 fully saturated rings. The number of nitrogens with zero attached hydrogens (tertiary/aromatic N) is 2. The number of nitrogens with two attached hydrogens (primary N) is 1. The third-order valence-electron chi connectivity index (χ3n) is 2.10. The summed E-state index contributed by atoms with van der Waals surface area (Å²) in [5.74, 6) is -0.103. The highest BCUT2D eigenvalue weighted by molar-refractivity contribution is 6.32. The standard InChI is InChI=1S/C10H9ClFN3O2/c1-16-9-6(11)2-5(3-7(9)12)10-14-8(4-13)17-15-10/h2-3H,4,13H2,1H3. The lowest BCUT2D eigenvalue weighted by atomic mass is 10.2. The molecule has 1 aromatic carbocycles. The minimum Gasteiger partial charge on any atom is -0.492 e. The lowest BCUT2D eigenvalue weighted by Gasteiger charge is -2.05. The van der Waals surface area contributed by atoms with Crippen LogP contribution in [0.4, 0.5) is 4.39 Å². The van der Waals surface area contributed by atoms with Gasteiger partial charge in [-0.15, -0.1) is 0 Å². The minimum atomic E-state index is -0.589. The number of hydrogen-bond acceptors (Lipinski definition) is 5. The van der Waals surface area contributed by atoms with Crippen LogP contribution in [0.15, 0.2) is 16.7 Å². The van der Waals surface area contributed by atoms with Crippen molar-refractivity contribution in [1.82, 2.24) is 10.1 Å². The summed E-state index contributed by atoms with van der Waals surface area (Å²) in [5.41, 5.74) is 5.73. The Bertz CT molecular complexity index is 521. The van der Waals surface area contributed by atoms with Crippen molar-refractivity contribution in [3.05, 3.63) is 28.9 Å². The average molecular weight is 258 g/mol. The Labute approximate surface area is 101 Å². The molecule has 5 nitrogen and oxygen atoms in total. The van der Waals surface area contributed by atoms with E-state index in [0.717, 1.165) is 0 Å². The number of hydrogen-bond donors (Lipinski definition) is 1. The molecule has 0 bridgehead atoms. The minimum absolute atomic E-state index is 0.0158. The number of methoxy groups -OCH3 is 1. The highest BCUT2D eigenvalue weighted by Crippen LogP contribution is 2.32. The lowest BCUT2D eigenvalue weighted by molar-refractivity contribution is 0.380. The number of aromatic nitrogens is 2. The fourth-order valence-corrected chi connectivity index (χ4v) is 1.62. The van der Waals surface area contributed by atoms with Gasteiger partial charge in [-0.05, 0) is 12.1 Å². The second-order valence-electron chi connectivity index (χ2n) is 3.19. The van der Waals surface area contributed by atoms with E-state index in [9.17, 15) is 4.39 Å². The van der Waals surface area contributed by atoms with Crippen LogP contribution in [-0.4, -0.2) is 17.3 Å². The second kappa shape index (κ2) is 4.68. The van der Waals surface area contributed by atoms with Crippen LogP contribution in [0.25, 0.3) is 11.4 Å². The molecule has 7 heteroatoms. The summed E-state index contributed by atoms with van der Waals surface area (Å²) in [5, 5.41) is 3.80. The fraction of sp³-hybridized carbons (Fsp3) is 0.200. The first kappa shape index (κ1) is 11.8. The predicted octanol–water partition coefficient (Wildman–Crippen LogP) is 2.00. The molecule has 0 saturated carbocycles. The first-order valence-electron chi connectivity index (χ1n) is 4.71. The maximum atomic E-state index is 13.6. The number of ether oxygens (including phenoxy) is 1. The zero-order valence-corrected chi connectivity index (χ0v) is 9.66. The molecule has 0 amide bonds. The summed E-state index contributed by atoms with van der Waals surface area (Å²) in [7, 11) is 1.34. The Morgan fingerprint density at radius 3 is 2.82 bits per heavy atom. The van der Waals surface area contributed by atoms with Crippen LogP contribution in [0.3, 0.4) is 0 Å². The van der Waals surface area contributed by atoms with Gasteiger partial charge in [-0.3, -0.25) is 0 Å². The van der Waals surface area contributed by atoms with Crippen LogP contribution < -0.4 is 10.5 Å². The molecule has 0 saturated heterocycles. The van der Waals surface area contributed by atoms with Crippen LogP contribution >= 0.6 is 11.6 Å². The molecule has 2 N–H and O–H groups in total. The smallest absolute Gasteiger partial charge is 0.240 e. The third-order valence-corrected chi connectivity index (χ3v) is 2.38. The van der Waals surface area contributed by atoms with Gasteiger partial charge in [0.1, 0.15) is 0 Å². The summed E-state index contributed by atoms with van der Waals surface area (Å²) in [6.07, 6.45) is 0. The highest BCUT2D eigenvalue weighted by atomic mass is 35.5. The van der Waals surface area contributed by atoms with Gasteiger partial charge in [0.2, 0.25) is 11.7 Å². The highest BCUT2D eigenvalue weighted by Gasteiger charge is 2.14. The Hall–Kier alpha value is -1.66.